The van der Waals surface area contributed by atoms with Gasteiger partial charge in [0, 0.05) is 5.56 Å². The molecule has 1 aromatic rings. The first-order valence-electron chi connectivity index (χ1n) is 4.05. The fourth-order valence-electron chi connectivity index (χ4n) is 1.06. The molecule has 0 fully saturated rings. The normalized spacial score (nSPS) is 10.8. The Labute approximate surface area is 94.8 Å². The summed E-state index contributed by atoms with van der Waals surface area (Å²) in [6, 6.07) is 2.15. The number of alkyl halides is 3. The van der Waals surface area contributed by atoms with Crippen LogP contribution in [0.25, 0.3) is 0 Å². The zero-order chi connectivity index (χ0) is 11.6. The summed E-state index contributed by atoms with van der Waals surface area (Å²) in [7, 11) is 0. The van der Waals surface area contributed by atoms with Crippen LogP contribution in [0.5, 0.6) is 0 Å². The van der Waals surface area contributed by atoms with Crippen molar-refractivity contribution in [1.82, 2.24) is 0 Å². The predicted octanol–water partition coefficient (Wildman–Crippen LogP) is -1.73. The molecule has 0 amide bonds. The van der Waals surface area contributed by atoms with Crippen molar-refractivity contribution in [1.29, 1.82) is 0 Å². The number of halogens is 5. The molecule has 1 rings (SSSR count). The second-order valence-electron chi connectivity index (χ2n) is 2.87. The lowest BCUT2D eigenvalue weighted by atomic mass is 10.1. The van der Waals surface area contributed by atoms with Gasteiger partial charge in [0.1, 0.15) is 12.4 Å². The summed E-state index contributed by atoms with van der Waals surface area (Å²) in [5.74, 6) is -1.94. The average Bonchev–Trinajstić information content (AvgIpc) is 2.15. The van der Waals surface area contributed by atoms with Gasteiger partial charge in [-0.2, -0.15) is 13.2 Å². The number of carbonyl (C=O) groups is 1. The molecular formula is C9H8ClF4NO. The Balaban J connectivity index is 0.00000225. The molecule has 16 heavy (non-hydrogen) atoms. The molecule has 0 heterocycles. The number of hydrogen-bond acceptors (Lipinski definition) is 1. The Morgan fingerprint density at radius 1 is 1.31 bits per heavy atom. The van der Waals surface area contributed by atoms with Gasteiger partial charge in [0.25, 0.3) is 0 Å². The SMILES string of the molecule is [Cl-].[NH3+]CC(=O)c1ccc(F)c(C(F)(F)F)c1. The van der Waals surface area contributed by atoms with Gasteiger partial charge in [-0.05, 0) is 18.2 Å². The molecule has 90 valence electrons. The molecule has 0 saturated carbocycles. The molecule has 0 aliphatic heterocycles. The highest BCUT2D eigenvalue weighted by Crippen LogP contribution is 2.31. The maximum atomic E-state index is 12.8. The Morgan fingerprint density at radius 3 is 2.31 bits per heavy atom. The fraction of sp³-hybridized carbons (Fsp3) is 0.222. The van der Waals surface area contributed by atoms with Crippen molar-refractivity contribution in [2.75, 3.05) is 6.54 Å². The number of hydrogen-bond donors (Lipinski definition) is 1. The van der Waals surface area contributed by atoms with E-state index in [0.717, 1.165) is 6.07 Å². The van der Waals surface area contributed by atoms with Crippen molar-refractivity contribution < 1.29 is 40.5 Å². The molecule has 0 aromatic heterocycles. The molecule has 0 bridgehead atoms. The predicted molar refractivity (Wildman–Crippen MR) is 43.5 cm³/mol. The van der Waals surface area contributed by atoms with E-state index in [2.05, 4.69) is 5.73 Å². The van der Waals surface area contributed by atoms with Crippen molar-refractivity contribution in [2.45, 2.75) is 6.18 Å². The molecule has 0 aliphatic carbocycles. The van der Waals surface area contributed by atoms with E-state index in [9.17, 15) is 22.4 Å². The number of quaternary nitrogens is 1. The summed E-state index contributed by atoms with van der Waals surface area (Å²) in [6.07, 6.45) is -4.79. The van der Waals surface area contributed by atoms with Crippen LogP contribution in [0.3, 0.4) is 0 Å². The minimum atomic E-state index is -4.79. The van der Waals surface area contributed by atoms with E-state index in [4.69, 9.17) is 0 Å². The molecule has 0 spiro atoms. The van der Waals surface area contributed by atoms with Crippen LogP contribution >= 0.6 is 0 Å². The van der Waals surface area contributed by atoms with Gasteiger partial charge in [0.15, 0.2) is 0 Å². The van der Waals surface area contributed by atoms with Crippen LogP contribution in [-0.2, 0) is 6.18 Å². The molecular weight excluding hydrogens is 250 g/mol. The highest BCUT2D eigenvalue weighted by molar-refractivity contribution is 5.96. The van der Waals surface area contributed by atoms with Crippen molar-refractivity contribution in [3.05, 3.63) is 35.1 Å². The molecule has 1 aromatic carbocycles. The van der Waals surface area contributed by atoms with Crippen molar-refractivity contribution in [3.63, 3.8) is 0 Å². The Hall–Kier alpha value is -1.14. The van der Waals surface area contributed by atoms with Crippen molar-refractivity contribution >= 4 is 5.78 Å². The monoisotopic (exact) mass is 257 g/mol. The molecule has 0 aliphatic rings. The first kappa shape index (κ1) is 14.9. The quantitative estimate of drug-likeness (QED) is 0.497. The Kier molecular flexibility index (Phi) is 4.89. The molecule has 7 heteroatoms. The van der Waals surface area contributed by atoms with Gasteiger partial charge in [-0.1, -0.05) is 0 Å². The number of rotatable bonds is 2. The molecule has 0 atom stereocenters. The van der Waals surface area contributed by atoms with E-state index < -0.39 is 23.3 Å². The maximum absolute atomic E-state index is 12.8. The minimum Gasteiger partial charge on any atom is -1.00 e. The Morgan fingerprint density at radius 2 is 1.88 bits per heavy atom. The second kappa shape index (κ2) is 5.27. The molecule has 0 saturated heterocycles. The van der Waals surface area contributed by atoms with Crippen molar-refractivity contribution in [3.8, 4) is 0 Å². The number of ketones is 1. The third-order valence-corrected chi connectivity index (χ3v) is 1.82. The van der Waals surface area contributed by atoms with E-state index in [0.29, 0.717) is 12.1 Å². The molecule has 0 radical (unpaired) electrons. The lowest BCUT2D eigenvalue weighted by molar-refractivity contribution is -0.349. The van der Waals surface area contributed by atoms with Gasteiger partial charge in [0.2, 0.25) is 5.78 Å². The lowest BCUT2D eigenvalue weighted by Gasteiger charge is -2.08. The zero-order valence-corrected chi connectivity index (χ0v) is 8.70. The second-order valence-corrected chi connectivity index (χ2v) is 2.87. The summed E-state index contributed by atoms with van der Waals surface area (Å²) in [6.45, 7) is -0.164. The van der Waals surface area contributed by atoms with Crippen molar-refractivity contribution in [2.24, 2.45) is 0 Å². The van der Waals surface area contributed by atoms with Gasteiger partial charge >= 0.3 is 6.18 Å². The van der Waals surface area contributed by atoms with E-state index in [-0.39, 0.29) is 24.5 Å². The van der Waals surface area contributed by atoms with Crippen LogP contribution in [-0.4, -0.2) is 12.3 Å². The third-order valence-electron chi connectivity index (χ3n) is 1.82. The molecule has 0 unspecified atom stereocenters. The van der Waals surface area contributed by atoms with Crippen LogP contribution < -0.4 is 18.1 Å². The zero-order valence-electron chi connectivity index (χ0n) is 7.94. The van der Waals surface area contributed by atoms with E-state index >= 15 is 0 Å². The standard InChI is InChI=1S/C9H7F4NO.ClH/c10-7-2-1-5(8(15)4-14)3-6(7)9(11,12)13;/h1-3H,4,14H2;1H. The fourth-order valence-corrected chi connectivity index (χ4v) is 1.06. The first-order valence-corrected chi connectivity index (χ1v) is 4.05. The topological polar surface area (TPSA) is 44.7 Å². The summed E-state index contributed by atoms with van der Waals surface area (Å²) >= 11 is 0. The van der Waals surface area contributed by atoms with Crippen LogP contribution in [0, 0.1) is 5.82 Å². The largest absolute Gasteiger partial charge is 1.00 e. The number of benzene rings is 1. The molecule has 2 nitrogen and oxygen atoms in total. The van der Waals surface area contributed by atoms with Crippen LogP contribution in [0.1, 0.15) is 15.9 Å². The van der Waals surface area contributed by atoms with Gasteiger partial charge in [0.05, 0.1) is 5.56 Å². The van der Waals surface area contributed by atoms with Gasteiger partial charge < -0.3 is 18.1 Å². The maximum Gasteiger partial charge on any atom is 0.419 e. The smallest absolute Gasteiger partial charge is 0.419 e. The number of Topliss-reactive ketones (excluding diaryl/α,β-unsaturated/α-hetero) is 1. The van der Waals surface area contributed by atoms with Gasteiger partial charge in [-0.3, -0.25) is 4.79 Å². The average molecular weight is 258 g/mol. The summed E-state index contributed by atoms with van der Waals surface area (Å²) in [4.78, 5) is 11.1. The first-order chi connectivity index (χ1) is 6.86. The Bertz CT molecular complexity index is 392. The highest BCUT2D eigenvalue weighted by Gasteiger charge is 2.34. The number of carbonyl (C=O) groups excluding carboxylic acids is 1. The van der Waals surface area contributed by atoms with Gasteiger partial charge in [-0.15, -0.1) is 0 Å². The minimum absolute atomic E-state index is 0. The summed E-state index contributed by atoms with van der Waals surface area (Å²) < 4.78 is 49.5. The van der Waals surface area contributed by atoms with Crippen LogP contribution in [0.15, 0.2) is 18.2 Å². The van der Waals surface area contributed by atoms with E-state index in [1.807, 2.05) is 0 Å². The lowest BCUT2D eigenvalue weighted by Crippen LogP contribution is -3.00. The van der Waals surface area contributed by atoms with Gasteiger partial charge in [-0.25, -0.2) is 4.39 Å². The van der Waals surface area contributed by atoms with E-state index in [1.54, 1.807) is 0 Å². The van der Waals surface area contributed by atoms with E-state index in [1.165, 1.54) is 0 Å². The summed E-state index contributed by atoms with van der Waals surface area (Å²) in [5, 5.41) is 0. The van der Waals surface area contributed by atoms with Crippen LogP contribution in [0.4, 0.5) is 17.6 Å². The highest BCUT2D eigenvalue weighted by atomic mass is 35.5. The third kappa shape index (κ3) is 3.18. The summed E-state index contributed by atoms with van der Waals surface area (Å²) in [5.41, 5.74) is 1.64. The van der Waals surface area contributed by atoms with Crippen LogP contribution in [0.2, 0.25) is 0 Å². The molecule has 3 N–H and O–H groups in total.